The molecule has 0 aliphatic rings. The molecule has 0 aromatic rings. The second-order valence-electron chi connectivity index (χ2n) is 5.50. The van der Waals surface area contributed by atoms with Gasteiger partial charge in [0.05, 0.1) is 0 Å². The average molecular weight is 244 g/mol. The van der Waals surface area contributed by atoms with Crippen molar-refractivity contribution in [1.82, 2.24) is 0 Å². The van der Waals surface area contributed by atoms with Crippen LogP contribution in [0.2, 0.25) is 0 Å². The molecule has 0 aromatic heterocycles. The van der Waals surface area contributed by atoms with Crippen molar-refractivity contribution in [3.63, 3.8) is 0 Å². The van der Waals surface area contributed by atoms with E-state index in [9.17, 15) is 0 Å². The molecule has 0 radical (unpaired) electrons. The Morgan fingerprint density at radius 2 is 1.00 bits per heavy atom. The Bertz CT molecular complexity index is 149. The fourth-order valence-electron chi connectivity index (χ4n) is 2.12. The fraction of sp³-hybridized carbons (Fsp3) is 1.00. The summed E-state index contributed by atoms with van der Waals surface area (Å²) in [4.78, 5) is 0. The predicted molar refractivity (Wildman–Crippen MR) is 73.9 cm³/mol. The summed E-state index contributed by atoms with van der Waals surface area (Å²) in [6, 6.07) is 0. The van der Waals surface area contributed by atoms with Crippen LogP contribution in [0.15, 0.2) is 0 Å². The van der Waals surface area contributed by atoms with Gasteiger partial charge in [0, 0.05) is 6.42 Å². The van der Waals surface area contributed by atoms with E-state index in [2.05, 4.69) is 6.92 Å². The van der Waals surface area contributed by atoms with Gasteiger partial charge in [-0.3, -0.25) is 0 Å². The molecule has 2 heteroatoms. The molecule has 0 aromatic carbocycles. The number of rotatable bonds is 12. The smallest absolute Gasteiger partial charge is 0.159 e. The first-order chi connectivity index (χ1) is 8.06. The first-order valence-electron chi connectivity index (χ1n) is 7.51. The Morgan fingerprint density at radius 3 is 1.35 bits per heavy atom. The van der Waals surface area contributed by atoms with Crippen molar-refractivity contribution in [2.45, 2.75) is 96.7 Å². The average Bonchev–Trinajstić information content (AvgIpc) is 2.24. The van der Waals surface area contributed by atoms with Crippen molar-refractivity contribution in [1.29, 1.82) is 0 Å². The molecule has 2 N–H and O–H groups in total. The second kappa shape index (κ2) is 11.0. The lowest BCUT2D eigenvalue weighted by Gasteiger charge is -2.14. The summed E-state index contributed by atoms with van der Waals surface area (Å²) in [5, 5.41) is 18.2. The Kier molecular flexibility index (Phi) is 11.0. The topological polar surface area (TPSA) is 40.5 Å². The molecule has 0 heterocycles. The van der Waals surface area contributed by atoms with Crippen molar-refractivity contribution in [2.75, 3.05) is 0 Å². The summed E-state index contributed by atoms with van der Waals surface area (Å²) in [6.45, 7) is 3.72. The molecule has 0 spiro atoms. The maximum absolute atomic E-state index is 9.12. The van der Waals surface area contributed by atoms with Crippen LogP contribution in [0.5, 0.6) is 0 Å². The summed E-state index contributed by atoms with van der Waals surface area (Å²) < 4.78 is 0. The monoisotopic (exact) mass is 244 g/mol. The van der Waals surface area contributed by atoms with Crippen LogP contribution in [0.1, 0.15) is 90.9 Å². The van der Waals surface area contributed by atoms with Gasteiger partial charge in [0.2, 0.25) is 0 Å². The maximum Gasteiger partial charge on any atom is 0.159 e. The number of unbranched alkanes of at least 4 members (excludes halogenated alkanes) is 10. The zero-order valence-corrected chi connectivity index (χ0v) is 11.9. The molecule has 17 heavy (non-hydrogen) atoms. The van der Waals surface area contributed by atoms with E-state index in [1.807, 2.05) is 0 Å². The van der Waals surface area contributed by atoms with Gasteiger partial charge in [0.15, 0.2) is 5.79 Å². The fourth-order valence-corrected chi connectivity index (χ4v) is 2.12. The van der Waals surface area contributed by atoms with Crippen molar-refractivity contribution in [2.24, 2.45) is 0 Å². The van der Waals surface area contributed by atoms with Gasteiger partial charge in [0.25, 0.3) is 0 Å². The molecular formula is C15H32O2. The van der Waals surface area contributed by atoms with Crippen molar-refractivity contribution < 1.29 is 10.2 Å². The second-order valence-corrected chi connectivity index (χ2v) is 5.50. The highest BCUT2D eigenvalue weighted by Gasteiger charge is 2.12. The minimum absolute atomic E-state index is 0.504. The summed E-state index contributed by atoms with van der Waals surface area (Å²) >= 11 is 0. The third-order valence-electron chi connectivity index (χ3n) is 3.25. The van der Waals surface area contributed by atoms with Crippen LogP contribution in [0.25, 0.3) is 0 Å². The Hall–Kier alpha value is -0.0800. The minimum atomic E-state index is -1.46. The lowest BCUT2D eigenvalue weighted by atomic mass is 10.0. The molecule has 2 nitrogen and oxygen atoms in total. The highest BCUT2D eigenvalue weighted by atomic mass is 16.5. The molecule has 0 aliphatic carbocycles. The van der Waals surface area contributed by atoms with E-state index in [4.69, 9.17) is 10.2 Å². The molecule has 0 saturated heterocycles. The summed E-state index contributed by atoms with van der Waals surface area (Å²) in [7, 11) is 0. The largest absolute Gasteiger partial charge is 0.366 e. The molecule has 0 atom stereocenters. The van der Waals surface area contributed by atoms with E-state index in [1.165, 1.54) is 64.7 Å². The molecule has 0 fully saturated rings. The Balaban J connectivity index is 2.99. The first kappa shape index (κ1) is 16.9. The number of hydrogen-bond donors (Lipinski definition) is 2. The van der Waals surface area contributed by atoms with E-state index < -0.39 is 5.79 Å². The third kappa shape index (κ3) is 15.9. The summed E-state index contributed by atoms with van der Waals surface area (Å²) in [5.41, 5.74) is 0. The van der Waals surface area contributed by atoms with Gasteiger partial charge >= 0.3 is 0 Å². The number of aliphatic hydroxyl groups is 2. The standard InChI is InChI=1S/C15H32O2/c1-3-4-5-6-7-8-9-10-11-12-13-14-15(2,16)17/h16-17H,3-14H2,1-2H3. The van der Waals surface area contributed by atoms with E-state index >= 15 is 0 Å². The van der Waals surface area contributed by atoms with Crippen LogP contribution in [-0.4, -0.2) is 16.0 Å². The summed E-state index contributed by atoms with van der Waals surface area (Å²) in [5.74, 6) is -1.46. The number of hydrogen-bond acceptors (Lipinski definition) is 2. The molecule has 0 amide bonds. The lowest BCUT2D eigenvalue weighted by molar-refractivity contribution is -0.150. The van der Waals surface area contributed by atoms with Crippen LogP contribution in [-0.2, 0) is 0 Å². The van der Waals surface area contributed by atoms with Crippen LogP contribution in [0.4, 0.5) is 0 Å². The predicted octanol–water partition coefficient (Wildman–Crippen LogP) is 4.39. The highest BCUT2D eigenvalue weighted by Crippen LogP contribution is 2.14. The van der Waals surface area contributed by atoms with Gasteiger partial charge in [0.1, 0.15) is 0 Å². The zero-order chi connectivity index (χ0) is 13.0. The van der Waals surface area contributed by atoms with E-state index in [0.717, 1.165) is 12.8 Å². The van der Waals surface area contributed by atoms with Crippen molar-refractivity contribution >= 4 is 0 Å². The quantitative estimate of drug-likeness (QED) is 0.395. The van der Waals surface area contributed by atoms with Crippen LogP contribution in [0.3, 0.4) is 0 Å². The van der Waals surface area contributed by atoms with Crippen LogP contribution >= 0.6 is 0 Å². The Morgan fingerprint density at radius 1 is 0.647 bits per heavy atom. The highest BCUT2D eigenvalue weighted by molar-refractivity contribution is 4.56. The van der Waals surface area contributed by atoms with Crippen molar-refractivity contribution in [3.8, 4) is 0 Å². The third-order valence-corrected chi connectivity index (χ3v) is 3.25. The van der Waals surface area contributed by atoms with Gasteiger partial charge < -0.3 is 10.2 Å². The van der Waals surface area contributed by atoms with E-state index in [0.29, 0.717) is 6.42 Å². The molecule has 0 aliphatic heterocycles. The Labute approximate surface area is 107 Å². The van der Waals surface area contributed by atoms with Gasteiger partial charge in [-0.05, 0) is 13.3 Å². The molecule has 104 valence electrons. The van der Waals surface area contributed by atoms with Crippen LogP contribution < -0.4 is 0 Å². The minimum Gasteiger partial charge on any atom is -0.366 e. The molecular weight excluding hydrogens is 212 g/mol. The van der Waals surface area contributed by atoms with Gasteiger partial charge in [-0.15, -0.1) is 0 Å². The van der Waals surface area contributed by atoms with Gasteiger partial charge in [-0.25, -0.2) is 0 Å². The molecule has 0 unspecified atom stereocenters. The van der Waals surface area contributed by atoms with Crippen LogP contribution in [0, 0.1) is 0 Å². The van der Waals surface area contributed by atoms with E-state index in [-0.39, 0.29) is 0 Å². The zero-order valence-electron chi connectivity index (χ0n) is 11.9. The van der Waals surface area contributed by atoms with E-state index in [1.54, 1.807) is 0 Å². The van der Waals surface area contributed by atoms with Crippen molar-refractivity contribution in [3.05, 3.63) is 0 Å². The lowest BCUT2D eigenvalue weighted by Crippen LogP contribution is -2.22. The SMILES string of the molecule is CCCCCCCCCCCCCC(C)(O)O. The summed E-state index contributed by atoms with van der Waals surface area (Å²) in [6.07, 6.45) is 14.8. The van der Waals surface area contributed by atoms with Gasteiger partial charge in [-0.1, -0.05) is 71.1 Å². The molecule has 0 bridgehead atoms. The first-order valence-corrected chi connectivity index (χ1v) is 7.51. The molecule has 0 saturated carbocycles. The molecule has 0 rings (SSSR count). The maximum atomic E-state index is 9.12. The normalized spacial score (nSPS) is 12.0. The van der Waals surface area contributed by atoms with Gasteiger partial charge in [-0.2, -0.15) is 0 Å².